The topological polar surface area (TPSA) is 69.0 Å². The van der Waals surface area contributed by atoms with Gasteiger partial charge in [0.15, 0.2) is 5.82 Å². The van der Waals surface area contributed by atoms with Crippen molar-refractivity contribution in [3.05, 3.63) is 70.5 Å². The number of amides is 1. The van der Waals surface area contributed by atoms with Gasteiger partial charge in [-0.2, -0.15) is 5.10 Å². The third kappa shape index (κ3) is 5.93. The Hall–Kier alpha value is -3.15. The van der Waals surface area contributed by atoms with Gasteiger partial charge in [-0.05, 0) is 17.7 Å². The fourth-order valence-electron chi connectivity index (χ4n) is 2.65. The van der Waals surface area contributed by atoms with Crippen LogP contribution in [-0.2, 0) is 6.54 Å². The molecule has 1 amide bonds. The Morgan fingerprint density at radius 1 is 1.26 bits per heavy atom. The summed E-state index contributed by atoms with van der Waals surface area (Å²) in [6.45, 7) is 6.75. The molecule has 0 aliphatic heterocycles. The lowest BCUT2D eigenvalue weighted by atomic mass is 10.2. The van der Waals surface area contributed by atoms with Crippen LogP contribution in [0.1, 0.15) is 21.6 Å². The number of halogens is 2. The van der Waals surface area contributed by atoms with E-state index in [-0.39, 0.29) is 16.4 Å². The normalized spacial score (nSPS) is 10.9. The number of ether oxygens (including phenoxy) is 1. The Labute approximate surface area is 186 Å². The zero-order valence-electron chi connectivity index (χ0n) is 17.7. The monoisotopic (exact) mass is 456 g/mol. The van der Waals surface area contributed by atoms with E-state index in [1.807, 2.05) is 24.3 Å². The first-order chi connectivity index (χ1) is 14.7. The first kappa shape index (κ1) is 22.5. The van der Waals surface area contributed by atoms with Crippen molar-refractivity contribution >= 4 is 31.3 Å². The van der Waals surface area contributed by atoms with Crippen LogP contribution in [-0.4, -0.2) is 35.9 Å². The molecular formula is C22H22ClFN4O2Si. The highest BCUT2D eigenvalue weighted by molar-refractivity contribution is 6.83. The molecule has 31 heavy (non-hydrogen) atoms. The molecule has 3 aromatic rings. The molecule has 0 unspecified atom stereocenters. The zero-order chi connectivity index (χ0) is 22.6. The molecule has 6 nitrogen and oxygen atoms in total. The van der Waals surface area contributed by atoms with Crippen LogP contribution in [0.25, 0.3) is 0 Å². The molecule has 2 heterocycles. The number of hydrogen-bond acceptors (Lipinski definition) is 4. The molecule has 0 aliphatic rings. The van der Waals surface area contributed by atoms with E-state index < -0.39 is 19.8 Å². The van der Waals surface area contributed by atoms with Crippen LogP contribution in [0, 0.1) is 17.3 Å². The predicted molar refractivity (Wildman–Crippen MR) is 122 cm³/mol. The maximum absolute atomic E-state index is 14.0. The second-order valence-corrected chi connectivity index (χ2v) is 13.0. The Morgan fingerprint density at radius 3 is 2.61 bits per heavy atom. The minimum Gasteiger partial charge on any atom is -0.497 e. The summed E-state index contributed by atoms with van der Waals surface area (Å²) in [4.78, 5) is 16.6. The second kappa shape index (κ2) is 9.33. The van der Waals surface area contributed by atoms with E-state index in [1.54, 1.807) is 11.8 Å². The Bertz CT molecular complexity index is 1160. The fraction of sp³-hybridized carbons (Fsp3) is 0.227. The molecule has 0 saturated heterocycles. The molecule has 0 aliphatic carbocycles. The van der Waals surface area contributed by atoms with Gasteiger partial charge >= 0.3 is 0 Å². The van der Waals surface area contributed by atoms with Gasteiger partial charge in [-0.25, -0.2) is 9.37 Å². The lowest BCUT2D eigenvalue weighted by Crippen LogP contribution is -2.18. The number of rotatable bonds is 5. The largest absolute Gasteiger partial charge is 0.497 e. The van der Waals surface area contributed by atoms with Crippen LogP contribution in [0.15, 0.2) is 42.7 Å². The summed E-state index contributed by atoms with van der Waals surface area (Å²) in [7, 11) is -0.118. The lowest BCUT2D eigenvalue weighted by molar-refractivity contribution is 0.102. The number of nitrogens with zero attached hydrogens (tertiary/aromatic N) is 3. The number of methoxy groups -OCH3 is 1. The highest BCUT2D eigenvalue weighted by atomic mass is 35.5. The van der Waals surface area contributed by atoms with Gasteiger partial charge in [-0.1, -0.05) is 49.3 Å². The van der Waals surface area contributed by atoms with E-state index in [1.165, 1.54) is 12.3 Å². The molecule has 3 rings (SSSR count). The number of aromatic nitrogens is 3. The van der Waals surface area contributed by atoms with E-state index in [9.17, 15) is 9.18 Å². The van der Waals surface area contributed by atoms with E-state index in [2.05, 4.69) is 46.5 Å². The average Bonchev–Trinajstić information content (AvgIpc) is 3.12. The molecule has 0 bridgehead atoms. The van der Waals surface area contributed by atoms with E-state index in [0.717, 1.165) is 17.5 Å². The Balaban J connectivity index is 1.96. The van der Waals surface area contributed by atoms with Crippen LogP contribution >= 0.6 is 11.6 Å². The Kier molecular flexibility index (Phi) is 6.78. The predicted octanol–water partition coefficient (Wildman–Crippen LogP) is 4.61. The molecular weight excluding hydrogens is 435 g/mol. The van der Waals surface area contributed by atoms with Gasteiger partial charge in [0.1, 0.15) is 24.7 Å². The van der Waals surface area contributed by atoms with Crippen LogP contribution in [0.3, 0.4) is 0 Å². The molecule has 9 heteroatoms. The number of carbonyl (C=O) groups excluding carboxylic acids is 1. The van der Waals surface area contributed by atoms with Crippen molar-refractivity contribution in [3.8, 4) is 17.2 Å². The van der Waals surface area contributed by atoms with Gasteiger partial charge in [0.25, 0.3) is 5.91 Å². The molecule has 2 aromatic heterocycles. The van der Waals surface area contributed by atoms with Gasteiger partial charge < -0.3 is 10.1 Å². The quantitative estimate of drug-likeness (QED) is 0.346. The standard InChI is InChI=1S/C22H22ClFN4O2Si/c1-30-16-7-5-15(6-8-16)14-28-20(9-10-31(2,3)4)17(12-26-28)22(29)27-19-11-21(23)25-13-18(19)24/h5-8,11-13H,14H2,1-4H3,(H,25,27,29). The molecule has 0 radical (unpaired) electrons. The van der Waals surface area contributed by atoms with Crippen LogP contribution in [0.2, 0.25) is 24.8 Å². The van der Waals surface area contributed by atoms with Gasteiger partial charge in [0.05, 0.1) is 37.3 Å². The van der Waals surface area contributed by atoms with Crippen LogP contribution in [0.4, 0.5) is 10.1 Å². The van der Waals surface area contributed by atoms with Crippen molar-refractivity contribution in [3.63, 3.8) is 0 Å². The summed E-state index contributed by atoms with van der Waals surface area (Å²) < 4.78 is 20.9. The minimum absolute atomic E-state index is 0.0583. The number of benzene rings is 1. The molecule has 0 saturated carbocycles. The zero-order valence-corrected chi connectivity index (χ0v) is 19.4. The number of carbonyl (C=O) groups is 1. The molecule has 0 atom stereocenters. The van der Waals surface area contributed by atoms with Crippen molar-refractivity contribution in [1.82, 2.24) is 14.8 Å². The maximum Gasteiger partial charge on any atom is 0.260 e. The Morgan fingerprint density at radius 2 is 1.97 bits per heavy atom. The summed E-state index contributed by atoms with van der Waals surface area (Å²) >= 11 is 5.82. The summed E-state index contributed by atoms with van der Waals surface area (Å²) in [5.41, 5.74) is 4.91. The lowest BCUT2D eigenvalue weighted by Gasteiger charge is -2.09. The maximum atomic E-state index is 14.0. The minimum atomic E-state index is -1.73. The fourth-order valence-corrected chi connectivity index (χ4v) is 3.30. The molecule has 1 N–H and O–H groups in total. The van der Waals surface area contributed by atoms with Crippen molar-refractivity contribution < 1.29 is 13.9 Å². The summed E-state index contributed by atoms with van der Waals surface area (Å²) in [5.74, 6) is 2.67. The highest BCUT2D eigenvalue weighted by Crippen LogP contribution is 2.20. The number of hydrogen-bond donors (Lipinski definition) is 1. The first-order valence-electron chi connectivity index (χ1n) is 9.50. The molecule has 160 valence electrons. The van der Waals surface area contributed by atoms with E-state index >= 15 is 0 Å². The van der Waals surface area contributed by atoms with Gasteiger partial charge in [0, 0.05) is 6.07 Å². The van der Waals surface area contributed by atoms with Crippen LogP contribution in [0.5, 0.6) is 5.75 Å². The third-order valence-electron chi connectivity index (χ3n) is 4.20. The van der Waals surface area contributed by atoms with Crippen molar-refractivity contribution in [2.24, 2.45) is 0 Å². The van der Waals surface area contributed by atoms with Crippen molar-refractivity contribution in [1.29, 1.82) is 0 Å². The van der Waals surface area contributed by atoms with Gasteiger partial charge in [-0.15, -0.1) is 5.54 Å². The van der Waals surface area contributed by atoms with E-state index in [0.29, 0.717) is 12.2 Å². The average molecular weight is 457 g/mol. The third-order valence-corrected chi connectivity index (χ3v) is 5.28. The molecule has 0 fully saturated rings. The number of anilines is 1. The smallest absolute Gasteiger partial charge is 0.260 e. The molecule has 0 spiro atoms. The first-order valence-corrected chi connectivity index (χ1v) is 13.4. The van der Waals surface area contributed by atoms with Crippen LogP contribution < -0.4 is 10.1 Å². The summed E-state index contributed by atoms with van der Waals surface area (Å²) in [6.07, 6.45) is 2.39. The summed E-state index contributed by atoms with van der Waals surface area (Å²) in [6, 6.07) is 8.81. The van der Waals surface area contributed by atoms with Gasteiger partial charge in [-0.3, -0.25) is 9.48 Å². The van der Waals surface area contributed by atoms with Crippen molar-refractivity contribution in [2.45, 2.75) is 26.2 Å². The summed E-state index contributed by atoms with van der Waals surface area (Å²) in [5, 5.41) is 6.97. The van der Waals surface area contributed by atoms with E-state index in [4.69, 9.17) is 16.3 Å². The number of pyridine rings is 1. The SMILES string of the molecule is COc1ccc(Cn2ncc(C(=O)Nc3cc(Cl)ncc3F)c2C#C[Si](C)(C)C)cc1. The highest BCUT2D eigenvalue weighted by Gasteiger charge is 2.19. The second-order valence-electron chi connectivity index (χ2n) is 7.85. The molecule has 1 aromatic carbocycles. The van der Waals surface area contributed by atoms with Gasteiger partial charge in [0.2, 0.25) is 0 Å². The number of nitrogens with one attached hydrogen (secondary N) is 1. The van der Waals surface area contributed by atoms with Crippen molar-refractivity contribution in [2.75, 3.05) is 12.4 Å².